The van der Waals surface area contributed by atoms with Crippen LogP contribution in [-0.2, 0) is 0 Å². The Morgan fingerprint density at radius 1 is 1.15 bits per heavy atom. The van der Waals surface area contributed by atoms with Gasteiger partial charge in [-0.15, -0.1) is 0 Å². The van der Waals surface area contributed by atoms with Crippen LogP contribution in [0, 0.1) is 0 Å². The maximum Gasteiger partial charge on any atom is 0.255 e. The van der Waals surface area contributed by atoms with Crippen molar-refractivity contribution in [3.8, 4) is 5.75 Å². The zero-order valence-corrected chi connectivity index (χ0v) is 12.4. The van der Waals surface area contributed by atoms with Crippen molar-refractivity contribution in [3.63, 3.8) is 0 Å². The SMILES string of the molecule is CCOc1ccccc1C(=O)NC1CCCCCCC1. The van der Waals surface area contributed by atoms with Crippen molar-refractivity contribution < 1.29 is 9.53 Å². The molecule has 0 aromatic heterocycles. The molecule has 0 saturated heterocycles. The summed E-state index contributed by atoms with van der Waals surface area (Å²) < 4.78 is 5.53. The molecule has 3 nitrogen and oxygen atoms in total. The van der Waals surface area contributed by atoms with Gasteiger partial charge in [0.15, 0.2) is 0 Å². The first-order chi connectivity index (χ1) is 9.81. The summed E-state index contributed by atoms with van der Waals surface area (Å²) in [6, 6.07) is 7.80. The summed E-state index contributed by atoms with van der Waals surface area (Å²) in [5, 5.41) is 3.18. The van der Waals surface area contributed by atoms with Crippen LogP contribution in [0.3, 0.4) is 0 Å². The van der Waals surface area contributed by atoms with Gasteiger partial charge in [-0.2, -0.15) is 0 Å². The predicted molar refractivity (Wildman–Crippen MR) is 81.2 cm³/mol. The first-order valence-electron chi connectivity index (χ1n) is 7.84. The Morgan fingerprint density at radius 3 is 2.50 bits per heavy atom. The van der Waals surface area contributed by atoms with Crippen LogP contribution in [0.2, 0.25) is 0 Å². The number of ether oxygens (including phenoxy) is 1. The molecule has 0 radical (unpaired) electrons. The average Bonchev–Trinajstić information content (AvgIpc) is 2.42. The molecule has 1 N–H and O–H groups in total. The van der Waals surface area contributed by atoms with Gasteiger partial charge in [0.25, 0.3) is 5.91 Å². The molecule has 2 rings (SSSR count). The summed E-state index contributed by atoms with van der Waals surface area (Å²) in [5.74, 6) is 0.679. The number of rotatable bonds is 4. The van der Waals surface area contributed by atoms with Gasteiger partial charge in [-0.05, 0) is 31.9 Å². The van der Waals surface area contributed by atoms with E-state index in [1.165, 1.54) is 32.1 Å². The number of para-hydroxylation sites is 1. The highest BCUT2D eigenvalue weighted by Crippen LogP contribution is 2.20. The molecule has 1 aliphatic carbocycles. The molecular formula is C17H25NO2. The van der Waals surface area contributed by atoms with Crippen LogP contribution in [0.4, 0.5) is 0 Å². The monoisotopic (exact) mass is 275 g/mol. The van der Waals surface area contributed by atoms with E-state index >= 15 is 0 Å². The van der Waals surface area contributed by atoms with Crippen LogP contribution in [0.25, 0.3) is 0 Å². The Bertz CT molecular complexity index is 423. The van der Waals surface area contributed by atoms with Gasteiger partial charge >= 0.3 is 0 Å². The van der Waals surface area contributed by atoms with E-state index in [4.69, 9.17) is 4.74 Å². The smallest absolute Gasteiger partial charge is 0.255 e. The van der Waals surface area contributed by atoms with E-state index in [1.54, 1.807) is 0 Å². The summed E-state index contributed by atoms with van der Waals surface area (Å²) in [4.78, 5) is 12.4. The first-order valence-corrected chi connectivity index (χ1v) is 7.84. The number of carbonyl (C=O) groups excluding carboxylic acids is 1. The molecule has 1 aromatic carbocycles. The summed E-state index contributed by atoms with van der Waals surface area (Å²) in [6.45, 7) is 2.51. The van der Waals surface area contributed by atoms with Crippen molar-refractivity contribution in [2.24, 2.45) is 0 Å². The van der Waals surface area contributed by atoms with Crippen LogP contribution in [0.15, 0.2) is 24.3 Å². The van der Waals surface area contributed by atoms with Crippen LogP contribution >= 0.6 is 0 Å². The summed E-state index contributed by atoms with van der Waals surface area (Å²) in [6.07, 6.45) is 8.57. The molecular weight excluding hydrogens is 250 g/mol. The van der Waals surface area contributed by atoms with Gasteiger partial charge < -0.3 is 10.1 Å². The number of benzene rings is 1. The molecule has 0 unspecified atom stereocenters. The Labute approximate surface area is 121 Å². The molecule has 3 heteroatoms. The highest BCUT2D eigenvalue weighted by Gasteiger charge is 2.17. The predicted octanol–water partition coefficient (Wildman–Crippen LogP) is 3.93. The van der Waals surface area contributed by atoms with E-state index in [-0.39, 0.29) is 5.91 Å². The molecule has 0 aliphatic heterocycles. The summed E-state index contributed by atoms with van der Waals surface area (Å²) >= 11 is 0. The molecule has 110 valence electrons. The second-order valence-electron chi connectivity index (χ2n) is 5.44. The number of nitrogens with one attached hydrogen (secondary N) is 1. The molecule has 1 aromatic rings. The fourth-order valence-electron chi connectivity index (χ4n) is 2.80. The van der Waals surface area contributed by atoms with Gasteiger partial charge in [0.2, 0.25) is 0 Å². The molecule has 0 spiro atoms. The van der Waals surface area contributed by atoms with Crippen molar-refractivity contribution in [2.45, 2.75) is 57.9 Å². The van der Waals surface area contributed by atoms with Gasteiger partial charge in [-0.3, -0.25) is 4.79 Å². The fraction of sp³-hybridized carbons (Fsp3) is 0.588. The maximum absolute atomic E-state index is 12.4. The lowest BCUT2D eigenvalue weighted by molar-refractivity contribution is 0.0926. The largest absolute Gasteiger partial charge is 0.493 e. The molecule has 1 aliphatic rings. The van der Waals surface area contributed by atoms with E-state index < -0.39 is 0 Å². The van der Waals surface area contributed by atoms with Gasteiger partial charge in [-0.1, -0.05) is 44.2 Å². The minimum Gasteiger partial charge on any atom is -0.493 e. The van der Waals surface area contributed by atoms with E-state index in [9.17, 15) is 4.79 Å². The second kappa shape index (κ2) is 7.93. The van der Waals surface area contributed by atoms with Crippen molar-refractivity contribution in [3.05, 3.63) is 29.8 Å². The average molecular weight is 275 g/mol. The van der Waals surface area contributed by atoms with Crippen LogP contribution < -0.4 is 10.1 Å². The Hall–Kier alpha value is -1.51. The normalized spacial score (nSPS) is 17.1. The lowest BCUT2D eigenvalue weighted by Crippen LogP contribution is -2.35. The molecule has 0 heterocycles. The van der Waals surface area contributed by atoms with Gasteiger partial charge in [-0.25, -0.2) is 0 Å². The molecule has 0 bridgehead atoms. The zero-order chi connectivity index (χ0) is 14.2. The topological polar surface area (TPSA) is 38.3 Å². The van der Waals surface area contributed by atoms with Gasteiger partial charge in [0.05, 0.1) is 12.2 Å². The lowest BCUT2D eigenvalue weighted by Gasteiger charge is -2.21. The summed E-state index contributed by atoms with van der Waals surface area (Å²) in [7, 11) is 0. The van der Waals surface area contributed by atoms with E-state index in [0.717, 1.165) is 12.8 Å². The van der Waals surface area contributed by atoms with Crippen LogP contribution in [0.5, 0.6) is 5.75 Å². The quantitative estimate of drug-likeness (QED) is 0.904. The Morgan fingerprint density at radius 2 is 1.80 bits per heavy atom. The van der Waals surface area contributed by atoms with Crippen molar-refractivity contribution in [1.29, 1.82) is 0 Å². The minimum absolute atomic E-state index is 0.000349. The maximum atomic E-state index is 12.4. The number of hydrogen-bond donors (Lipinski definition) is 1. The van der Waals surface area contributed by atoms with E-state index in [2.05, 4.69) is 5.32 Å². The molecule has 0 atom stereocenters. The third-order valence-electron chi connectivity index (χ3n) is 3.87. The van der Waals surface area contributed by atoms with Gasteiger partial charge in [0.1, 0.15) is 5.75 Å². The molecule has 1 saturated carbocycles. The first kappa shape index (κ1) is 14.9. The zero-order valence-electron chi connectivity index (χ0n) is 12.4. The highest BCUT2D eigenvalue weighted by atomic mass is 16.5. The third-order valence-corrected chi connectivity index (χ3v) is 3.87. The van der Waals surface area contributed by atoms with Crippen molar-refractivity contribution in [1.82, 2.24) is 5.32 Å². The molecule has 1 fully saturated rings. The van der Waals surface area contributed by atoms with Gasteiger partial charge in [0, 0.05) is 6.04 Å². The standard InChI is InChI=1S/C17H25NO2/c1-2-20-16-13-9-8-12-15(16)17(19)18-14-10-6-4-3-5-7-11-14/h8-9,12-14H,2-7,10-11H2,1H3,(H,18,19). The molecule has 1 amide bonds. The van der Waals surface area contributed by atoms with Crippen molar-refractivity contribution >= 4 is 5.91 Å². The summed E-state index contributed by atoms with van der Waals surface area (Å²) in [5.41, 5.74) is 0.649. The highest BCUT2D eigenvalue weighted by molar-refractivity contribution is 5.97. The van der Waals surface area contributed by atoms with Crippen LogP contribution in [0.1, 0.15) is 62.2 Å². The third kappa shape index (κ3) is 4.26. The minimum atomic E-state index is -0.000349. The Balaban J connectivity index is 1.99. The Kier molecular flexibility index (Phi) is 5.90. The van der Waals surface area contributed by atoms with E-state index in [1.807, 2.05) is 31.2 Å². The fourth-order valence-corrected chi connectivity index (χ4v) is 2.80. The second-order valence-corrected chi connectivity index (χ2v) is 5.44. The van der Waals surface area contributed by atoms with Crippen molar-refractivity contribution in [2.75, 3.05) is 6.61 Å². The van der Waals surface area contributed by atoms with Crippen LogP contribution in [-0.4, -0.2) is 18.6 Å². The van der Waals surface area contributed by atoms with E-state index in [0.29, 0.717) is 24.0 Å². The number of carbonyl (C=O) groups is 1. The lowest BCUT2D eigenvalue weighted by atomic mass is 9.96. The number of amides is 1. The number of hydrogen-bond acceptors (Lipinski definition) is 2. The molecule has 20 heavy (non-hydrogen) atoms.